The first-order chi connectivity index (χ1) is 34.5. The van der Waals surface area contributed by atoms with Crippen molar-refractivity contribution in [3.05, 3.63) is 147 Å². The van der Waals surface area contributed by atoms with Gasteiger partial charge in [-0.25, -0.2) is 38.3 Å². The van der Waals surface area contributed by atoms with Crippen molar-refractivity contribution in [3.63, 3.8) is 0 Å². The van der Waals surface area contributed by atoms with Crippen LogP contribution in [0.4, 0.5) is 30.0 Å². The van der Waals surface area contributed by atoms with E-state index in [9.17, 15) is 14.0 Å². The lowest BCUT2D eigenvalue weighted by Crippen LogP contribution is -2.41. The molecule has 376 valence electrons. The number of carbonyl (C=O) groups is 2. The number of hydrogen-bond donors (Lipinski definition) is 3. The topological polar surface area (TPSA) is 167 Å². The molecule has 13 nitrogen and oxygen atoms in total. The molecule has 8 aromatic rings. The van der Waals surface area contributed by atoms with E-state index in [1.54, 1.807) is 85.8 Å². The van der Waals surface area contributed by atoms with E-state index in [1.165, 1.54) is 22.7 Å². The summed E-state index contributed by atoms with van der Waals surface area (Å²) >= 11 is 18.4. The smallest absolute Gasteiger partial charge is 0.450 e. The maximum absolute atomic E-state index is 15.5. The van der Waals surface area contributed by atoms with Crippen LogP contribution in [-0.4, -0.2) is 75.9 Å². The lowest BCUT2D eigenvalue weighted by atomic mass is 9.80. The van der Waals surface area contributed by atoms with Crippen LogP contribution in [0.3, 0.4) is 0 Å². The third-order valence-corrected chi connectivity index (χ3v) is 13.8. The SMILES string of the molecule is CCOC(=O)Nc1ccc(B2OC(C)(C)C(C)(C)O2)cn1.CCOC(=O)Nc1ccc(Cc2cc3scnc3c(-c3cccc(Cl)c3)c2F)cn1.CO.Fc1c(CBr)cc2scnc2c1-c1cccc(Cl)c1. The molecular weight excluding hydrogens is 1070 g/mol. The summed E-state index contributed by atoms with van der Waals surface area (Å²) in [5.74, 6) is 0.228. The molecule has 0 spiro atoms. The van der Waals surface area contributed by atoms with Gasteiger partial charge < -0.3 is 23.9 Å². The second kappa shape index (κ2) is 25.3. The van der Waals surface area contributed by atoms with E-state index in [0.717, 1.165) is 33.1 Å². The third kappa shape index (κ3) is 13.7. The minimum absolute atomic E-state index is 0.238. The lowest BCUT2D eigenvalue weighted by Gasteiger charge is -2.32. The summed E-state index contributed by atoms with van der Waals surface area (Å²) in [6.45, 7) is 12.1. The average molecular weight is 1120 g/mol. The Bertz CT molecular complexity index is 3120. The standard InChI is InChI=1S/C22H17ClFN3O2S.C14H21BN2O4.C14H8BrClFNS.CH4O/c1-2-29-22(28)27-18-7-6-13(11-25-18)8-15-10-17-21(26-12-30-17)19(20(15)24)14-4-3-5-16(23)9-14;1-6-19-12(18)17-11-8-7-10(9-16-11)15-20-13(2,3)14(4,5)21-15;15-6-9-5-11-14(18-7-19-11)12(13(9)17)8-2-1-3-10(16)4-8;1-2/h3-7,9-12H,2,8H2,1H3,(H,25,27,28);7-9H,6H2,1-5H3,(H,16,17,18);1-5,7H,6H2;2H,1H3. The Hall–Kier alpha value is -5.64. The Balaban J connectivity index is 0.000000179. The van der Waals surface area contributed by atoms with Crippen molar-refractivity contribution < 1.29 is 42.3 Å². The Morgan fingerprint density at radius 1 is 0.694 bits per heavy atom. The minimum atomic E-state index is -0.564. The molecule has 2 amide bonds. The Morgan fingerprint density at radius 3 is 1.60 bits per heavy atom. The van der Waals surface area contributed by atoms with Crippen molar-refractivity contribution in [3.8, 4) is 22.3 Å². The molecule has 0 saturated carbocycles. The molecular formula is C51H50BBrCl2F2N6O7S2. The van der Waals surface area contributed by atoms with Crippen LogP contribution in [-0.2, 0) is 30.5 Å². The van der Waals surface area contributed by atoms with Crippen LogP contribution in [0.1, 0.15) is 58.2 Å². The average Bonchev–Trinajstić information content (AvgIpc) is 4.08. The second-order valence-electron chi connectivity index (χ2n) is 16.5. The highest BCUT2D eigenvalue weighted by Gasteiger charge is 2.51. The lowest BCUT2D eigenvalue weighted by molar-refractivity contribution is 0.00578. The van der Waals surface area contributed by atoms with E-state index in [-0.39, 0.29) is 29.4 Å². The van der Waals surface area contributed by atoms with Crippen LogP contribution in [0, 0.1) is 11.6 Å². The number of alkyl halides is 1. The molecule has 1 saturated heterocycles. The molecule has 0 radical (unpaired) electrons. The number of ether oxygens (including phenoxy) is 2. The summed E-state index contributed by atoms with van der Waals surface area (Å²) in [5, 5.41) is 13.7. The van der Waals surface area contributed by atoms with E-state index in [2.05, 4.69) is 46.5 Å². The van der Waals surface area contributed by atoms with E-state index >= 15 is 4.39 Å². The van der Waals surface area contributed by atoms with Crippen LogP contribution in [0.2, 0.25) is 10.0 Å². The van der Waals surface area contributed by atoms with E-state index in [0.29, 0.717) is 78.9 Å². The summed E-state index contributed by atoms with van der Waals surface area (Å²) in [4.78, 5) is 39.8. The normalized spacial score (nSPS) is 13.2. The van der Waals surface area contributed by atoms with Gasteiger partial charge in [0.05, 0.1) is 55.9 Å². The van der Waals surface area contributed by atoms with Crippen molar-refractivity contribution in [1.29, 1.82) is 0 Å². The number of benzene rings is 4. The van der Waals surface area contributed by atoms with Crippen molar-refractivity contribution in [1.82, 2.24) is 19.9 Å². The summed E-state index contributed by atoms with van der Waals surface area (Å²) < 4.78 is 53.5. The number of rotatable bonds is 10. The van der Waals surface area contributed by atoms with Gasteiger partial charge in [0, 0.05) is 63.5 Å². The van der Waals surface area contributed by atoms with Gasteiger partial charge in [0.25, 0.3) is 0 Å². The van der Waals surface area contributed by atoms with Crippen molar-refractivity contribution in [2.24, 2.45) is 0 Å². The molecule has 4 aromatic heterocycles. The molecule has 0 aliphatic carbocycles. The molecule has 72 heavy (non-hydrogen) atoms. The first-order valence-electron chi connectivity index (χ1n) is 22.3. The van der Waals surface area contributed by atoms with Gasteiger partial charge in [-0.1, -0.05) is 75.5 Å². The Morgan fingerprint density at radius 2 is 1.17 bits per heavy atom. The molecule has 9 rings (SSSR count). The number of hydrogen-bond acceptors (Lipinski definition) is 13. The summed E-state index contributed by atoms with van der Waals surface area (Å²) in [6, 6.07) is 24.9. The predicted molar refractivity (Wildman–Crippen MR) is 289 cm³/mol. The predicted octanol–water partition coefficient (Wildman–Crippen LogP) is 13.5. The number of carbonyl (C=O) groups excluding carboxylic acids is 2. The van der Waals surface area contributed by atoms with Gasteiger partial charge in [0.1, 0.15) is 23.3 Å². The maximum Gasteiger partial charge on any atom is 0.496 e. The van der Waals surface area contributed by atoms with Gasteiger partial charge in [0.15, 0.2) is 0 Å². The third-order valence-electron chi connectivity index (χ3n) is 11.2. The number of anilines is 2. The maximum atomic E-state index is 15.5. The highest BCUT2D eigenvalue weighted by molar-refractivity contribution is 9.08. The molecule has 1 aliphatic rings. The molecule has 1 aliphatic heterocycles. The van der Waals surface area contributed by atoms with E-state index in [1.807, 2.05) is 64.1 Å². The quantitative estimate of drug-likeness (QED) is 0.0881. The first kappa shape index (κ1) is 55.7. The molecule has 4 aromatic carbocycles. The number of amides is 2. The van der Waals surface area contributed by atoms with Gasteiger partial charge in [0.2, 0.25) is 0 Å². The molecule has 21 heteroatoms. The number of aliphatic hydroxyl groups is 1. The van der Waals surface area contributed by atoms with Crippen molar-refractivity contribution in [2.75, 3.05) is 31.0 Å². The fourth-order valence-electron chi connectivity index (χ4n) is 7.07. The second-order valence-corrected chi connectivity index (χ2v) is 19.7. The molecule has 0 bridgehead atoms. The van der Waals surface area contributed by atoms with Gasteiger partial charge >= 0.3 is 19.3 Å². The number of thiazole rings is 2. The monoisotopic (exact) mass is 1120 g/mol. The number of aromatic nitrogens is 4. The molecule has 0 unspecified atom stereocenters. The highest BCUT2D eigenvalue weighted by atomic mass is 79.9. The van der Waals surface area contributed by atoms with Crippen LogP contribution in [0.5, 0.6) is 0 Å². The van der Waals surface area contributed by atoms with Gasteiger partial charge in [-0.3, -0.25) is 10.6 Å². The van der Waals surface area contributed by atoms with Gasteiger partial charge in [-0.2, -0.15) is 0 Å². The van der Waals surface area contributed by atoms with E-state index < -0.39 is 19.3 Å². The molecule has 1 fully saturated rings. The highest BCUT2D eigenvalue weighted by Crippen LogP contribution is 2.39. The zero-order valence-electron chi connectivity index (χ0n) is 40.2. The largest absolute Gasteiger partial charge is 0.496 e. The number of pyridine rings is 2. The number of nitrogens with one attached hydrogen (secondary N) is 2. The van der Waals surface area contributed by atoms with Gasteiger partial charge in [-0.05, 0) is 112 Å². The van der Waals surface area contributed by atoms with Gasteiger partial charge in [-0.15, -0.1) is 22.7 Å². The number of aliphatic hydroxyl groups excluding tert-OH is 1. The first-order valence-corrected chi connectivity index (χ1v) is 25.9. The number of nitrogens with zero attached hydrogens (tertiary/aromatic N) is 4. The van der Waals surface area contributed by atoms with Crippen molar-refractivity contribution in [2.45, 2.75) is 64.5 Å². The summed E-state index contributed by atoms with van der Waals surface area (Å²) in [7, 11) is 0.541. The van der Waals surface area contributed by atoms with E-state index in [4.69, 9.17) is 47.1 Å². The minimum Gasteiger partial charge on any atom is -0.450 e. The molecule has 0 atom stereocenters. The Kier molecular flexibility index (Phi) is 19.6. The molecule has 3 N–H and O–H groups in total. The molecule has 5 heterocycles. The number of halogens is 5. The zero-order chi connectivity index (χ0) is 52.2. The van der Waals surface area contributed by atoms with Crippen LogP contribution in [0.15, 0.2) is 108 Å². The fourth-order valence-corrected chi connectivity index (χ4v) is 9.35. The van der Waals surface area contributed by atoms with Crippen molar-refractivity contribution >= 4 is 119 Å². The van der Waals surface area contributed by atoms with Crippen LogP contribution >= 0.6 is 61.8 Å². The number of fused-ring (bicyclic) bond motifs is 2. The van der Waals surface area contributed by atoms with Crippen LogP contribution < -0.4 is 16.1 Å². The summed E-state index contributed by atoms with van der Waals surface area (Å²) in [5.41, 5.74) is 9.16. The van der Waals surface area contributed by atoms with Crippen LogP contribution in [0.25, 0.3) is 42.7 Å². The fraction of sp³-hybridized carbons (Fsp3) is 0.255. The Labute approximate surface area is 442 Å². The zero-order valence-corrected chi connectivity index (χ0v) is 44.9. The summed E-state index contributed by atoms with van der Waals surface area (Å²) in [6.07, 6.45) is 2.50.